The van der Waals surface area contributed by atoms with Gasteiger partial charge in [-0.15, -0.1) is 0 Å². The first-order valence-corrected chi connectivity index (χ1v) is 6.66. The molecule has 0 bridgehead atoms. The molecule has 0 unspecified atom stereocenters. The van der Waals surface area contributed by atoms with Gasteiger partial charge in [-0.2, -0.15) is 13.2 Å². The number of nitro groups is 1. The standard InChI is InChI=1S/C16H11F3N2O3/c17-16(18,19)12-2-1-3-13(10-12)20-15(22)9-6-11-4-7-14(8-5-11)21(23)24/h1-10H,(H,20,22). The number of nitro benzene ring substituents is 1. The number of carbonyl (C=O) groups is 1. The number of rotatable bonds is 4. The van der Waals surface area contributed by atoms with E-state index in [4.69, 9.17) is 0 Å². The number of hydrogen-bond donors (Lipinski definition) is 1. The summed E-state index contributed by atoms with van der Waals surface area (Å²) in [4.78, 5) is 21.7. The third-order valence-electron chi connectivity index (χ3n) is 2.99. The second-order valence-electron chi connectivity index (χ2n) is 4.75. The summed E-state index contributed by atoms with van der Waals surface area (Å²) >= 11 is 0. The summed E-state index contributed by atoms with van der Waals surface area (Å²) in [5, 5.41) is 12.8. The predicted molar refractivity (Wildman–Crippen MR) is 82.2 cm³/mol. The Morgan fingerprint density at radius 3 is 2.38 bits per heavy atom. The highest BCUT2D eigenvalue weighted by Crippen LogP contribution is 2.30. The van der Waals surface area contributed by atoms with Crippen LogP contribution in [0.1, 0.15) is 11.1 Å². The van der Waals surface area contributed by atoms with Crippen LogP contribution < -0.4 is 5.32 Å². The maximum absolute atomic E-state index is 12.6. The maximum atomic E-state index is 12.6. The highest BCUT2D eigenvalue weighted by atomic mass is 19.4. The van der Waals surface area contributed by atoms with Crippen LogP contribution in [-0.2, 0) is 11.0 Å². The zero-order valence-corrected chi connectivity index (χ0v) is 12.1. The van der Waals surface area contributed by atoms with E-state index in [0.717, 1.165) is 18.2 Å². The Hall–Kier alpha value is -3.16. The van der Waals surface area contributed by atoms with Gasteiger partial charge in [0.05, 0.1) is 10.5 Å². The number of halogens is 3. The molecular weight excluding hydrogens is 325 g/mol. The topological polar surface area (TPSA) is 72.2 Å². The molecule has 0 aliphatic rings. The van der Waals surface area contributed by atoms with Crippen molar-refractivity contribution in [3.63, 3.8) is 0 Å². The van der Waals surface area contributed by atoms with Gasteiger partial charge in [0, 0.05) is 23.9 Å². The van der Waals surface area contributed by atoms with E-state index in [1.165, 1.54) is 42.5 Å². The van der Waals surface area contributed by atoms with Crippen molar-refractivity contribution >= 4 is 23.4 Å². The quantitative estimate of drug-likeness (QED) is 0.515. The largest absolute Gasteiger partial charge is 0.416 e. The maximum Gasteiger partial charge on any atom is 0.416 e. The molecule has 0 fully saturated rings. The van der Waals surface area contributed by atoms with Gasteiger partial charge in [-0.05, 0) is 42.0 Å². The number of anilines is 1. The molecule has 0 spiro atoms. The number of amides is 1. The van der Waals surface area contributed by atoms with Gasteiger partial charge in [0.1, 0.15) is 0 Å². The van der Waals surface area contributed by atoms with Crippen molar-refractivity contribution in [2.75, 3.05) is 5.32 Å². The lowest BCUT2D eigenvalue weighted by Gasteiger charge is -2.08. The molecule has 0 saturated carbocycles. The molecule has 5 nitrogen and oxygen atoms in total. The fourth-order valence-corrected chi connectivity index (χ4v) is 1.84. The first-order valence-electron chi connectivity index (χ1n) is 6.66. The minimum atomic E-state index is -4.49. The van der Waals surface area contributed by atoms with Crippen molar-refractivity contribution in [2.45, 2.75) is 6.18 Å². The molecule has 0 heterocycles. The van der Waals surface area contributed by atoms with Crippen LogP contribution in [0.3, 0.4) is 0 Å². The van der Waals surface area contributed by atoms with E-state index in [-0.39, 0.29) is 11.4 Å². The van der Waals surface area contributed by atoms with Crippen LogP contribution in [0.25, 0.3) is 6.08 Å². The van der Waals surface area contributed by atoms with Gasteiger partial charge in [-0.3, -0.25) is 14.9 Å². The lowest BCUT2D eigenvalue weighted by molar-refractivity contribution is -0.384. The molecule has 8 heteroatoms. The number of carbonyl (C=O) groups excluding carboxylic acids is 1. The van der Waals surface area contributed by atoms with Crippen LogP contribution in [0.2, 0.25) is 0 Å². The van der Waals surface area contributed by atoms with E-state index in [2.05, 4.69) is 5.32 Å². The lowest BCUT2D eigenvalue weighted by atomic mass is 10.2. The monoisotopic (exact) mass is 336 g/mol. The zero-order valence-electron chi connectivity index (χ0n) is 12.1. The average Bonchev–Trinajstić information content (AvgIpc) is 2.53. The van der Waals surface area contributed by atoms with Crippen molar-refractivity contribution < 1.29 is 22.9 Å². The van der Waals surface area contributed by atoms with Crippen molar-refractivity contribution in [3.8, 4) is 0 Å². The Morgan fingerprint density at radius 1 is 1.12 bits per heavy atom. The van der Waals surface area contributed by atoms with E-state index in [1.54, 1.807) is 0 Å². The summed E-state index contributed by atoms with van der Waals surface area (Å²) in [7, 11) is 0. The van der Waals surface area contributed by atoms with Crippen LogP contribution in [0, 0.1) is 10.1 Å². The molecule has 0 aliphatic carbocycles. The summed E-state index contributed by atoms with van der Waals surface area (Å²) in [6, 6.07) is 9.73. The van der Waals surface area contributed by atoms with Gasteiger partial charge in [-0.1, -0.05) is 6.07 Å². The van der Waals surface area contributed by atoms with Gasteiger partial charge in [0.2, 0.25) is 5.91 Å². The molecule has 0 aliphatic heterocycles. The molecule has 2 aromatic carbocycles. The average molecular weight is 336 g/mol. The molecular formula is C16H11F3N2O3. The molecule has 2 aromatic rings. The molecule has 0 saturated heterocycles. The van der Waals surface area contributed by atoms with E-state index in [9.17, 15) is 28.1 Å². The highest BCUT2D eigenvalue weighted by molar-refractivity contribution is 6.01. The minimum Gasteiger partial charge on any atom is -0.322 e. The second-order valence-corrected chi connectivity index (χ2v) is 4.75. The van der Waals surface area contributed by atoms with Crippen LogP contribution in [-0.4, -0.2) is 10.8 Å². The van der Waals surface area contributed by atoms with Crippen molar-refractivity contribution in [2.24, 2.45) is 0 Å². The summed E-state index contributed by atoms with van der Waals surface area (Å²) in [6.07, 6.45) is -1.97. The first kappa shape index (κ1) is 17.2. The molecule has 0 radical (unpaired) electrons. The van der Waals surface area contributed by atoms with E-state index in [1.807, 2.05) is 0 Å². The van der Waals surface area contributed by atoms with Crippen LogP contribution in [0.5, 0.6) is 0 Å². The molecule has 1 amide bonds. The first-order chi connectivity index (χ1) is 11.3. The van der Waals surface area contributed by atoms with Crippen molar-refractivity contribution in [1.82, 2.24) is 0 Å². The Morgan fingerprint density at radius 2 is 1.79 bits per heavy atom. The van der Waals surface area contributed by atoms with Crippen molar-refractivity contribution in [1.29, 1.82) is 0 Å². The Labute approximate surface area is 134 Å². The van der Waals surface area contributed by atoms with Gasteiger partial charge >= 0.3 is 6.18 Å². The fraction of sp³-hybridized carbons (Fsp3) is 0.0625. The number of alkyl halides is 3. The third kappa shape index (κ3) is 4.67. The number of nitrogens with zero attached hydrogens (tertiary/aromatic N) is 1. The number of benzene rings is 2. The molecule has 0 aromatic heterocycles. The summed E-state index contributed by atoms with van der Waals surface area (Å²) in [5.41, 5.74) is -0.386. The summed E-state index contributed by atoms with van der Waals surface area (Å²) in [6.45, 7) is 0. The molecule has 24 heavy (non-hydrogen) atoms. The van der Waals surface area contributed by atoms with Crippen LogP contribution >= 0.6 is 0 Å². The summed E-state index contributed by atoms with van der Waals surface area (Å²) < 4.78 is 37.8. The predicted octanol–water partition coefficient (Wildman–Crippen LogP) is 4.27. The molecule has 2 rings (SSSR count). The summed E-state index contributed by atoms with van der Waals surface area (Å²) in [5.74, 6) is -0.618. The number of nitrogens with one attached hydrogen (secondary N) is 1. The number of hydrogen-bond acceptors (Lipinski definition) is 3. The van der Waals surface area contributed by atoms with E-state index in [0.29, 0.717) is 5.56 Å². The Bertz CT molecular complexity index is 784. The molecule has 124 valence electrons. The van der Waals surface area contributed by atoms with Crippen molar-refractivity contribution in [3.05, 3.63) is 75.8 Å². The smallest absolute Gasteiger partial charge is 0.322 e. The van der Waals surface area contributed by atoms with Gasteiger partial charge in [-0.25, -0.2) is 0 Å². The Kier molecular flexibility index (Phi) is 4.98. The fourth-order valence-electron chi connectivity index (χ4n) is 1.84. The SMILES string of the molecule is O=C(C=Cc1ccc([N+](=O)[O-])cc1)Nc1cccc(C(F)(F)F)c1. The van der Waals surface area contributed by atoms with E-state index >= 15 is 0 Å². The highest BCUT2D eigenvalue weighted by Gasteiger charge is 2.30. The zero-order chi connectivity index (χ0) is 17.7. The van der Waals surface area contributed by atoms with E-state index < -0.39 is 22.6 Å². The lowest BCUT2D eigenvalue weighted by Crippen LogP contribution is -2.10. The number of non-ortho nitro benzene ring substituents is 1. The normalized spacial score (nSPS) is 11.5. The molecule has 0 atom stereocenters. The third-order valence-corrected chi connectivity index (χ3v) is 2.99. The van der Waals surface area contributed by atoms with Crippen LogP contribution in [0.4, 0.5) is 24.5 Å². The molecule has 1 N–H and O–H groups in total. The Balaban J connectivity index is 2.04. The van der Waals surface area contributed by atoms with Gasteiger partial charge in [0.15, 0.2) is 0 Å². The minimum absolute atomic E-state index is 0.0168. The van der Waals surface area contributed by atoms with Crippen LogP contribution in [0.15, 0.2) is 54.6 Å². The van der Waals surface area contributed by atoms with Gasteiger partial charge < -0.3 is 5.32 Å². The van der Waals surface area contributed by atoms with Gasteiger partial charge in [0.25, 0.3) is 5.69 Å². The second kappa shape index (κ2) is 6.95.